The number of hydrogen-bond acceptors (Lipinski definition) is 3. The van der Waals surface area contributed by atoms with Gasteiger partial charge in [0.05, 0.1) is 0 Å². The maximum absolute atomic E-state index is 5.11. The van der Waals surface area contributed by atoms with Crippen LogP contribution in [0.4, 0.5) is 0 Å². The minimum Gasteiger partial charge on any atom is -0.361 e. The number of hydroxylamine groups is 1. The van der Waals surface area contributed by atoms with Crippen LogP contribution in [0.15, 0.2) is 17.5 Å². The van der Waals surface area contributed by atoms with Gasteiger partial charge in [-0.25, -0.2) is 5.48 Å². The maximum Gasteiger partial charge on any atom is 0.240 e. The number of unbranched alkanes of at least 4 members (excludes halogenated alkanes) is 10. The van der Waals surface area contributed by atoms with E-state index in [1.807, 2.05) is 0 Å². The van der Waals surface area contributed by atoms with Crippen molar-refractivity contribution in [1.82, 2.24) is 5.48 Å². The van der Waals surface area contributed by atoms with Crippen LogP contribution in [0.2, 0.25) is 0 Å². The molecule has 1 unspecified atom stereocenters. The molecule has 3 heteroatoms. The van der Waals surface area contributed by atoms with Gasteiger partial charge in [0, 0.05) is 5.92 Å². The summed E-state index contributed by atoms with van der Waals surface area (Å²) in [5.41, 5.74) is 2.90. The first kappa shape index (κ1) is 19.1. The molecule has 0 saturated heterocycles. The van der Waals surface area contributed by atoms with Crippen LogP contribution in [0, 0.1) is 5.92 Å². The van der Waals surface area contributed by atoms with Crippen LogP contribution in [-0.2, 0) is 4.84 Å². The van der Waals surface area contributed by atoms with Gasteiger partial charge in [-0.15, -0.1) is 0 Å². The molecule has 1 aliphatic heterocycles. The highest BCUT2D eigenvalue weighted by Gasteiger charge is 2.19. The molecule has 128 valence electrons. The Bertz CT molecular complexity index is 325. The third-order valence-corrected chi connectivity index (χ3v) is 4.55. The van der Waals surface area contributed by atoms with Crippen LogP contribution in [0.25, 0.3) is 0 Å². The van der Waals surface area contributed by atoms with Crippen molar-refractivity contribution in [3.63, 3.8) is 0 Å². The van der Waals surface area contributed by atoms with E-state index < -0.39 is 0 Å². The Morgan fingerprint density at radius 3 is 1.91 bits per heavy atom. The first-order chi connectivity index (χ1) is 10.8. The molecule has 3 nitrogen and oxygen atoms in total. The van der Waals surface area contributed by atoms with E-state index in [1.165, 1.54) is 77.0 Å². The number of amidine groups is 1. The fraction of sp³-hybridized carbons (Fsp3) is 0.842. The van der Waals surface area contributed by atoms with Gasteiger partial charge in [0.1, 0.15) is 5.84 Å². The van der Waals surface area contributed by atoms with E-state index in [-0.39, 0.29) is 0 Å². The zero-order valence-corrected chi connectivity index (χ0v) is 14.8. The summed E-state index contributed by atoms with van der Waals surface area (Å²) in [5.74, 6) is 1.96. The standard InChI is InChI=1S/C19H36N2O/c1-4-6-7-8-9-10-11-12-13-14-15-16-18(5-2)19-20-17(3)22-21-19/h18H,3-16H2,1-2H3,(H,20,21). The lowest BCUT2D eigenvalue weighted by molar-refractivity contribution is 0.175. The molecule has 0 aromatic rings. The summed E-state index contributed by atoms with van der Waals surface area (Å²) in [4.78, 5) is 9.43. The van der Waals surface area contributed by atoms with Gasteiger partial charge in [-0.05, 0) is 19.4 Å². The number of hydrogen-bond donors (Lipinski definition) is 1. The van der Waals surface area contributed by atoms with Crippen LogP contribution in [-0.4, -0.2) is 5.84 Å². The quantitative estimate of drug-likeness (QED) is 0.392. The molecule has 22 heavy (non-hydrogen) atoms. The zero-order valence-electron chi connectivity index (χ0n) is 14.8. The Hall–Kier alpha value is -0.990. The van der Waals surface area contributed by atoms with Crippen molar-refractivity contribution in [2.24, 2.45) is 10.9 Å². The van der Waals surface area contributed by atoms with E-state index in [4.69, 9.17) is 4.84 Å². The molecule has 0 spiro atoms. The summed E-state index contributed by atoms with van der Waals surface area (Å²) in [5, 5.41) is 0. The largest absolute Gasteiger partial charge is 0.361 e. The molecule has 0 amide bonds. The summed E-state index contributed by atoms with van der Waals surface area (Å²) < 4.78 is 0. The minimum atomic E-state index is 0.493. The van der Waals surface area contributed by atoms with Crippen molar-refractivity contribution in [3.8, 4) is 0 Å². The third kappa shape index (κ3) is 8.45. The summed E-state index contributed by atoms with van der Waals surface area (Å²) in [7, 11) is 0. The lowest BCUT2D eigenvalue weighted by Crippen LogP contribution is -2.25. The molecule has 1 rings (SSSR count). The molecule has 0 bridgehead atoms. The van der Waals surface area contributed by atoms with E-state index in [2.05, 4.69) is 30.9 Å². The molecular weight excluding hydrogens is 272 g/mol. The molecule has 1 N–H and O–H groups in total. The molecule has 0 saturated carbocycles. The Kier molecular flexibility index (Phi) is 10.9. The van der Waals surface area contributed by atoms with E-state index in [0.717, 1.165) is 12.3 Å². The van der Waals surface area contributed by atoms with Gasteiger partial charge in [0.25, 0.3) is 0 Å². The third-order valence-electron chi connectivity index (χ3n) is 4.55. The van der Waals surface area contributed by atoms with Crippen LogP contribution >= 0.6 is 0 Å². The van der Waals surface area contributed by atoms with Gasteiger partial charge in [-0.1, -0.05) is 84.5 Å². The molecule has 0 radical (unpaired) electrons. The van der Waals surface area contributed by atoms with Gasteiger partial charge in [0.15, 0.2) is 0 Å². The van der Waals surface area contributed by atoms with Gasteiger partial charge in [-0.3, -0.25) is 0 Å². The van der Waals surface area contributed by atoms with Crippen molar-refractivity contribution < 1.29 is 4.84 Å². The zero-order chi connectivity index (χ0) is 16.0. The van der Waals surface area contributed by atoms with Gasteiger partial charge in [0.2, 0.25) is 5.88 Å². The highest BCUT2D eigenvalue weighted by molar-refractivity contribution is 5.85. The molecule has 0 aliphatic carbocycles. The number of aliphatic imine (C=N–C) groups is 1. The van der Waals surface area contributed by atoms with Crippen LogP contribution in [0.1, 0.15) is 97.3 Å². The van der Waals surface area contributed by atoms with E-state index in [1.54, 1.807) is 0 Å². The summed E-state index contributed by atoms with van der Waals surface area (Å²) in [6.07, 6.45) is 17.7. The Balaban J connectivity index is 1.92. The second-order valence-corrected chi connectivity index (χ2v) is 6.52. The van der Waals surface area contributed by atoms with Crippen molar-refractivity contribution in [3.05, 3.63) is 12.5 Å². The Morgan fingerprint density at radius 2 is 1.45 bits per heavy atom. The second-order valence-electron chi connectivity index (χ2n) is 6.52. The molecule has 0 aromatic carbocycles. The average Bonchev–Trinajstić information content (AvgIpc) is 2.95. The fourth-order valence-electron chi connectivity index (χ4n) is 3.05. The highest BCUT2D eigenvalue weighted by Crippen LogP contribution is 2.19. The molecular formula is C19H36N2O. The number of nitrogens with one attached hydrogen (secondary N) is 1. The maximum atomic E-state index is 5.11. The summed E-state index contributed by atoms with van der Waals surface area (Å²) in [6, 6.07) is 0. The van der Waals surface area contributed by atoms with Crippen LogP contribution in [0.5, 0.6) is 0 Å². The predicted octanol–water partition coefficient (Wildman–Crippen LogP) is 6.12. The van der Waals surface area contributed by atoms with E-state index in [9.17, 15) is 0 Å². The molecule has 0 aromatic heterocycles. The highest BCUT2D eigenvalue weighted by atomic mass is 16.7. The lowest BCUT2D eigenvalue weighted by Gasteiger charge is -2.13. The fourth-order valence-corrected chi connectivity index (χ4v) is 3.05. The molecule has 1 atom stereocenters. The topological polar surface area (TPSA) is 33.6 Å². The monoisotopic (exact) mass is 308 g/mol. The van der Waals surface area contributed by atoms with Crippen LogP contribution < -0.4 is 5.48 Å². The summed E-state index contributed by atoms with van der Waals surface area (Å²) >= 11 is 0. The van der Waals surface area contributed by atoms with Gasteiger partial charge < -0.3 is 4.84 Å². The first-order valence-electron chi connectivity index (χ1n) is 9.48. The number of nitrogens with zero attached hydrogens (tertiary/aromatic N) is 1. The minimum absolute atomic E-state index is 0.493. The van der Waals surface area contributed by atoms with Crippen LogP contribution in [0.3, 0.4) is 0 Å². The Labute approximate surface area is 137 Å². The second kappa shape index (κ2) is 12.5. The van der Waals surface area contributed by atoms with Gasteiger partial charge in [-0.2, -0.15) is 4.99 Å². The molecule has 1 heterocycles. The Morgan fingerprint density at radius 1 is 0.909 bits per heavy atom. The van der Waals surface area contributed by atoms with Gasteiger partial charge >= 0.3 is 0 Å². The lowest BCUT2D eigenvalue weighted by atomic mass is 9.96. The van der Waals surface area contributed by atoms with Crippen molar-refractivity contribution in [2.45, 2.75) is 97.3 Å². The van der Waals surface area contributed by atoms with Crippen molar-refractivity contribution >= 4 is 5.84 Å². The molecule has 0 fully saturated rings. The molecule has 1 aliphatic rings. The van der Waals surface area contributed by atoms with E-state index >= 15 is 0 Å². The van der Waals surface area contributed by atoms with Crippen molar-refractivity contribution in [2.75, 3.05) is 0 Å². The first-order valence-corrected chi connectivity index (χ1v) is 9.48. The SMILES string of the molecule is C=C1N=C(C(CC)CCCCCCCCCCCCC)NO1. The number of rotatable bonds is 14. The summed E-state index contributed by atoms with van der Waals surface area (Å²) in [6.45, 7) is 8.21. The van der Waals surface area contributed by atoms with Crippen molar-refractivity contribution in [1.29, 1.82) is 0 Å². The normalized spacial score (nSPS) is 15.4. The average molecular weight is 309 g/mol. The van der Waals surface area contributed by atoms with E-state index in [0.29, 0.717) is 11.8 Å². The predicted molar refractivity (Wildman–Crippen MR) is 95.7 cm³/mol. The smallest absolute Gasteiger partial charge is 0.240 e.